The lowest BCUT2D eigenvalue weighted by Crippen LogP contribution is -2.02. The molecule has 0 fully saturated rings. The highest BCUT2D eigenvalue weighted by Crippen LogP contribution is 2.23. The highest BCUT2D eigenvalue weighted by molar-refractivity contribution is 7.99. The Morgan fingerprint density at radius 1 is 1.64 bits per heavy atom. The van der Waals surface area contributed by atoms with E-state index in [4.69, 9.17) is 5.11 Å². The molecule has 1 heterocycles. The third-order valence-electron chi connectivity index (χ3n) is 1.72. The molecule has 0 spiro atoms. The van der Waals surface area contributed by atoms with E-state index in [1.807, 2.05) is 25.1 Å². The van der Waals surface area contributed by atoms with E-state index >= 15 is 0 Å². The molecule has 0 aliphatic rings. The van der Waals surface area contributed by atoms with Crippen LogP contribution >= 0.6 is 11.8 Å². The van der Waals surface area contributed by atoms with Crippen LogP contribution in [0, 0.1) is 0 Å². The molecule has 1 rings (SSSR count). The molecule has 0 radical (unpaired) electrons. The lowest BCUT2D eigenvalue weighted by molar-refractivity contribution is -0.137. The maximum atomic E-state index is 10.3. The minimum Gasteiger partial charge on any atom is -0.481 e. The summed E-state index contributed by atoms with van der Waals surface area (Å²) in [5.41, 5.74) is 0. The standard InChI is InChI=1S/C10H13NO2S/c1-8(5-6-10(12)13)14-9-4-2-3-7-11-9/h2-4,7-8H,5-6H2,1H3,(H,12,13). The number of hydrogen-bond donors (Lipinski definition) is 1. The fraction of sp³-hybridized carbons (Fsp3) is 0.400. The highest BCUT2D eigenvalue weighted by atomic mass is 32.2. The molecular formula is C10H13NO2S. The van der Waals surface area contributed by atoms with E-state index < -0.39 is 5.97 Å². The first-order chi connectivity index (χ1) is 6.68. The molecule has 1 aromatic heterocycles. The molecule has 0 saturated heterocycles. The van der Waals surface area contributed by atoms with Gasteiger partial charge in [0.15, 0.2) is 0 Å². The molecule has 76 valence electrons. The smallest absolute Gasteiger partial charge is 0.303 e. The van der Waals surface area contributed by atoms with Gasteiger partial charge in [-0.1, -0.05) is 13.0 Å². The third kappa shape index (κ3) is 4.28. The molecule has 0 aliphatic carbocycles. The van der Waals surface area contributed by atoms with Crippen LogP contribution in [0.1, 0.15) is 19.8 Å². The number of carbonyl (C=O) groups is 1. The van der Waals surface area contributed by atoms with Crippen LogP contribution in [0.2, 0.25) is 0 Å². The van der Waals surface area contributed by atoms with E-state index in [0.717, 1.165) is 5.03 Å². The van der Waals surface area contributed by atoms with E-state index in [1.165, 1.54) is 0 Å². The minimum absolute atomic E-state index is 0.223. The van der Waals surface area contributed by atoms with Crippen LogP contribution in [0.4, 0.5) is 0 Å². The number of carboxylic acid groups (broad SMARTS) is 1. The van der Waals surface area contributed by atoms with Crippen molar-refractivity contribution in [2.24, 2.45) is 0 Å². The van der Waals surface area contributed by atoms with Crippen molar-refractivity contribution in [2.75, 3.05) is 0 Å². The van der Waals surface area contributed by atoms with Gasteiger partial charge in [0.25, 0.3) is 0 Å². The van der Waals surface area contributed by atoms with Gasteiger partial charge in [0, 0.05) is 17.9 Å². The van der Waals surface area contributed by atoms with Crippen LogP contribution in [0.3, 0.4) is 0 Å². The maximum absolute atomic E-state index is 10.3. The van der Waals surface area contributed by atoms with Gasteiger partial charge in [-0.05, 0) is 18.6 Å². The number of hydrogen-bond acceptors (Lipinski definition) is 3. The first kappa shape index (κ1) is 11.0. The van der Waals surface area contributed by atoms with Gasteiger partial charge < -0.3 is 5.11 Å². The van der Waals surface area contributed by atoms with Crippen LogP contribution < -0.4 is 0 Å². The number of aromatic nitrogens is 1. The Morgan fingerprint density at radius 2 is 2.43 bits per heavy atom. The van der Waals surface area contributed by atoms with E-state index in [2.05, 4.69) is 4.98 Å². The van der Waals surface area contributed by atoms with E-state index in [9.17, 15) is 4.79 Å². The Morgan fingerprint density at radius 3 is 3.00 bits per heavy atom. The molecule has 14 heavy (non-hydrogen) atoms. The fourth-order valence-electron chi connectivity index (χ4n) is 1.01. The van der Waals surface area contributed by atoms with Gasteiger partial charge in [-0.3, -0.25) is 4.79 Å². The minimum atomic E-state index is -0.738. The third-order valence-corrected chi connectivity index (χ3v) is 2.85. The van der Waals surface area contributed by atoms with Gasteiger partial charge in [-0.2, -0.15) is 0 Å². The molecule has 1 aromatic rings. The first-order valence-electron chi connectivity index (χ1n) is 4.48. The van der Waals surface area contributed by atoms with Crippen molar-refractivity contribution < 1.29 is 9.90 Å². The fourth-order valence-corrected chi connectivity index (χ4v) is 1.94. The lowest BCUT2D eigenvalue weighted by atomic mass is 10.2. The van der Waals surface area contributed by atoms with Crippen LogP contribution in [-0.2, 0) is 4.79 Å². The molecule has 1 N–H and O–H groups in total. The Balaban J connectivity index is 2.34. The molecule has 4 heteroatoms. The van der Waals surface area contributed by atoms with Gasteiger partial charge in [0.1, 0.15) is 0 Å². The topological polar surface area (TPSA) is 50.2 Å². The Kier molecular flexibility index (Phi) is 4.46. The number of carboxylic acids is 1. The first-order valence-corrected chi connectivity index (χ1v) is 5.36. The molecular weight excluding hydrogens is 198 g/mol. The molecule has 1 atom stereocenters. The molecule has 0 saturated carbocycles. The summed E-state index contributed by atoms with van der Waals surface area (Å²) < 4.78 is 0. The monoisotopic (exact) mass is 211 g/mol. The van der Waals surface area contributed by atoms with Crippen molar-refractivity contribution in [1.82, 2.24) is 4.98 Å². The SMILES string of the molecule is CC(CCC(=O)O)Sc1ccccn1. The summed E-state index contributed by atoms with van der Waals surface area (Å²) in [5, 5.41) is 9.75. The summed E-state index contributed by atoms with van der Waals surface area (Å²) in [6.45, 7) is 2.02. The number of aliphatic carboxylic acids is 1. The van der Waals surface area contributed by atoms with Crippen molar-refractivity contribution >= 4 is 17.7 Å². The summed E-state index contributed by atoms with van der Waals surface area (Å²) in [5.74, 6) is -0.738. The molecule has 0 aliphatic heterocycles. The summed E-state index contributed by atoms with van der Waals surface area (Å²) in [6, 6.07) is 5.73. The van der Waals surface area contributed by atoms with E-state index in [-0.39, 0.29) is 6.42 Å². The van der Waals surface area contributed by atoms with Crippen molar-refractivity contribution in [3.63, 3.8) is 0 Å². The summed E-state index contributed by atoms with van der Waals surface area (Å²) in [6.07, 6.45) is 2.64. The zero-order chi connectivity index (χ0) is 10.4. The zero-order valence-corrected chi connectivity index (χ0v) is 8.83. The summed E-state index contributed by atoms with van der Waals surface area (Å²) in [7, 11) is 0. The lowest BCUT2D eigenvalue weighted by Gasteiger charge is -2.07. The summed E-state index contributed by atoms with van der Waals surface area (Å²) >= 11 is 1.61. The number of rotatable bonds is 5. The van der Waals surface area contributed by atoms with Crippen molar-refractivity contribution in [2.45, 2.75) is 30.0 Å². The predicted octanol–water partition coefficient (Wildman–Crippen LogP) is 2.43. The van der Waals surface area contributed by atoms with Crippen molar-refractivity contribution in [3.8, 4) is 0 Å². The average molecular weight is 211 g/mol. The summed E-state index contributed by atoms with van der Waals surface area (Å²) in [4.78, 5) is 14.5. The van der Waals surface area contributed by atoms with Gasteiger partial charge in [-0.25, -0.2) is 4.98 Å². The Labute approximate surface area is 87.6 Å². The van der Waals surface area contributed by atoms with E-state index in [0.29, 0.717) is 11.7 Å². The molecule has 1 unspecified atom stereocenters. The quantitative estimate of drug-likeness (QED) is 0.760. The van der Waals surface area contributed by atoms with Crippen molar-refractivity contribution in [3.05, 3.63) is 24.4 Å². The van der Waals surface area contributed by atoms with Gasteiger partial charge in [0.2, 0.25) is 0 Å². The second-order valence-corrected chi connectivity index (χ2v) is 4.49. The Bertz CT molecular complexity index is 289. The highest BCUT2D eigenvalue weighted by Gasteiger charge is 2.07. The van der Waals surface area contributed by atoms with Crippen LogP contribution in [0.5, 0.6) is 0 Å². The van der Waals surface area contributed by atoms with Gasteiger partial charge in [0.05, 0.1) is 5.03 Å². The van der Waals surface area contributed by atoms with E-state index in [1.54, 1.807) is 18.0 Å². The molecule has 3 nitrogen and oxygen atoms in total. The zero-order valence-electron chi connectivity index (χ0n) is 8.01. The number of thioether (sulfide) groups is 1. The Hall–Kier alpha value is -1.03. The van der Waals surface area contributed by atoms with Gasteiger partial charge >= 0.3 is 5.97 Å². The number of pyridine rings is 1. The number of nitrogens with zero attached hydrogens (tertiary/aromatic N) is 1. The predicted molar refractivity (Wildman–Crippen MR) is 56.4 cm³/mol. The second kappa shape index (κ2) is 5.65. The van der Waals surface area contributed by atoms with Crippen LogP contribution in [-0.4, -0.2) is 21.3 Å². The maximum Gasteiger partial charge on any atom is 0.303 e. The second-order valence-electron chi connectivity index (χ2n) is 3.03. The normalized spacial score (nSPS) is 12.4. The largest absolute Gasteiger partial charge is 0.481 e. The van der Waals surface area contributed by atoms with Crippen molar-refractivity contribution in [1.29, 1.82) is 0 Å². The molecule has 0 aromatic carbocycles. The average Bonchev–Trinajstić information content (AvgIpc) is 2.16. The van der Waals surface area contributed by atoms with Gasteiger partial charge in [-0.15, -0.1) is 11.8 Å². The molecule has 0 amide bonds. The molecule has 0 bridgehead atoms. The van der Waals surface area contributed by atoms with Crippen LogP contribution in [0.15, 0.2) is 29.4 Å². The van der Waals surface area contributed by atoms with Crippen LogP contribution in [0.25, 0.3) is 0 Å².